The van der Waals surface area contributed by atoms with Crippen molar-refractivity contribution < 1.29 is 28.9 Å². The van der Waals surface area contributed by atoms with Crippen LogP contribution in [0, 0.1) is 29.3 Å². The number of carbonyl (C=O) groups is 2. The number of anilines is 1. The van der Waals surface area contributed by atoms with Crippen LogP contribution < -0.4 is 10.2 Å². The molecule has 0 saturated carbocycles. The molecule has 10 nitrogen and oxygen atoms in total. The molecule has 0 radical (unpaired) electrons. The van der Waals surface area contributed by atoms with Crippen LogP contribution in [-0.4, -0.2) is 107 Å². The number of thiazole rings is 1. The molecule has 2 aromatic rings. The van der Waals surface area contributed by atoms with Crippen LogP contribution in [0.4, 0.5) is 9.52 Å². The summed E-state index contributed by atoms with van der Waals surface area (Å²) in [6.07, 6.45) is 5.27. The lowest BCUT2D eigenvalue weighted by Crippen LogP contribution is -2.57. The van der Waals surface area contributed by atoms with Gasteiger partial charge < -0.3 is 35.0 Å². The molecule has 3 N–H and O–H groups in total. The van der Waals surface area contributed by atoms with Gasteiger partial charge in [0.25, 0.3) is 5.91 Å². The van der Waals surface area contributed by atoms with Gasteiger partial charge in [-0.2, -0.15) is 4.39 Å². The average Bonchev–Trinajstić information content (AvgIpc) is 3.61. The van der Waals surface area contributed by atoms with E-state index in [1.54, 1.807) is 24.3 Å². The van der Waals surface area contributed by atoms with E-state index in [1.165, 1.54) is 4.90 Å². The lowest BCUT2D eigenvalue weighted by Gasteiger charge is -2.33. The lowest BCUT2D eigenvalue weighted by atomic mass is 9.98. The molecule has 3 saturated heterocycles. The second-order valence-corrected chi connectivity index (χ2v) is 12.4. The Balaban J connectivity index is 1.30. The molecule has 4 heterocycles. The van der Waals surface area contributed by atoms with Crippen molar-refractivity contribution in [3.8, 4) is 23.6 Å². The largest absolute Gasteiger partial charge is 0.369 e. The first kappa shape index (κ1) is 29.4. The van der Waals surface area contributed by atoms with Gasteiger partial charge in [0.15, 0.2) is 5.13 Å². The number of nitrogens with zero attached hydrogens (tertiary/aromatic N) is 4. The normalized spacial score (nSPS) is 24.8. The van der Waals surface area contributed by atoms with E-state index in [2.05, 4.69) is 33.1 Å². The Labute approximate surface area is 243 Å². The van der Waals surface area contributed by atoms with E-state index in [0.717, 1.165) is 37.5 Å². The first-order valence-corrected chi connectivity index (χ1v) is 14.6. The highest BCUT2D eigenvalue weighted by Gasteiger charge is 2.59. The van der Waals surface area contributed by atoms with Gasteiger partial charge in [-0.05, 0) is 31.5 Å². The van der Waals surface area contributed by atoms with Crippen LogP contribution in [-0.2, 0) is 9.53 Å². The third-order valence-electron chi connectivity index (χ3n) is 7.98. The number of likely N-dealkylation sites (tertiary alicyclic amines) is 1. The quantitative estimate of drug-likeness (QED) is 0.330. The first-order valence-electron chi connectivity index (χ1n) is 13.8. The third kappa shape index (κ3) is 5.96. The van der Waals surface area contributed by atoms with Gasteiger partial charge in [-0.25, -0.2) is 4.98 Å². The van der Waals surface area contributed by atoms with E-state index < -0.39 is 41.7 Å². The summed E-state index contributed by atoms with van der Waals surface area (Å²) >= 11 is 1.02. The van der Waals surface area contributed by atoms with E-state index in [-0.39, 0.29) is 29.9 Å². The van der Waals surface area contributed by atoms with Crippen molar-refractivity contribution in [1.82, 2.24) is 20.1 Å². The summed E-state index contributed by atoms with van der Waals surface area (Å²) in [5.41, 5.74) is 1.09. The van der Waals surface area contributed by atoms with Gasteiger partial charge in [0.05, 0.1) is 12.0 Å². The van der Waals surface area contributed by atoms with Crippen LogP contribution in [0.5, 0.6) is 0 Å². The number of aromatic nitrogens is 1. The Hall–Kier alpha value is -3.08. The van der Waals surface area contributed by atoms with Crippen LogP contribution in [0.2, 0.25) is 0 Å². The van der Waals surface area contributed by atoms with Crippen LogP contribution in [0.3, 0.4) is 0 Å². The second kappa shape index (κ2) is 11.7. The van der Waals surface area contributed by atoms with Crippen molar-refractivity contribution in [2.24, 2.45) is 11.8 Å². The molecule has 1 aromatic heterocycles. The Kier molecular flexibility index (Phi) is 8.36. The monoisotopic (exact) mass is 585 g/mol. The molecule has 3 fully saturated rings. The molecule has 41 heavy (non-hydrogen) atoms. The lowest BCUT2D eigenvalue weighted by molar-refractivity contribution is -0.191. The SMILES string of the molecule is C#C[C@@H]1CN(C(=O)[C@H](CC(C)C)NC(=O)c2ccc(-c3nc(N4CCN(C)CC4)sc3F)cc2)[C@H]2[C@@H]1OCC2(O)O. The second-order valence-electron chi connectivity index (χ2n) is 11.5. The molecule has 12 heteroatoms. The average molecular weight is 586 g/mol. The van der Waals surface area contributed by atoms with E-state index in [4.69, 9.17) is 11.2 Å². The number of hydrogen-bond acceptors (Lipinski definition) is 9. The zero-order chi connectivity index (χ0) is 29.5. The van der Waals surface area contributed by atoms with E-state index in [1.807, 2.05) is 13.8 Å². The molecule has 0 aliphatic carbocycles. The molecule has 3 aliphatic rings. The van der Waals surface area contributed by atoms with E-state index >= 15 is 0 Å². The standard InChI is InChI=1S/C29H36FN5O5S/c1-5-18-15-35(24-23(18)40-16-29(24,38)39)27(37)21(14-17(2)3)31-26(36)20-8-6-19(7-9-20)22-25(30)41-28(32-22)34-12-10-33(4)11-13-34/h1,6-9,17-18,21,23-24,38-39H,10-16H2,2-4H3,(H,31,36)/t18-,21+,23-,24+/m1/s1. The zero-order valence-corrected chi connectivity index (χ0v) is 24.2. The van der Waals surface area contributed by atoms with Gasteiger partial charge in [-0.15, -0.1) is 6.42 Å². The molecular formula is C29H36FN5O5S. The van der Waals surface area contributed by atoms with Crippen LogP contribution in [0.1, 0.15) is 30.6 Å². The van der Waals surface area contributed by atoms with Crippen molar-refractivity contribution in [3.63, 3.8) is 0 Å². The summed E-state index contributed by atoms with van der Waals surface area (Å²) in [6.45, 7) is 6.94. The number of nitrogens with one attached hydrogen (secondary N) is 1. The predicted molar refractivity (Wildman–Crippen MR) is 153 cm³/mol. The minimum absolute atomic E-state index is 0.0587. The molecule has 3 aliphatic heterocycles. The van der Waals surface area contributed by atoms with Gasteiger partial charge in [-0.1, -0.05) is 43.2 Å². The summed E-state index contributed by atoms with van der Waals surface area (Å²) in [7, 11) is 2.05. The van der Waals surface area contributed by atoms with Gasteiger partial charge in [0.1, 0.15) is 24.4 Å². The number of ether oxygens (including phenoxy) is 1. The van der Waals surface area contributed by atoms with Gasteiger partial charge >= 0.3 is 0 Å². The van der Waals surface area contributed by atoms with Gasteiger partial charge in [-0.3, -0.25) is 9.59 Å². The van der Waals surface area contributed by atoms with Crippen LogP contribution >= 0.6 is 11.3 Å². The van der Waals surface area contributed by atoms with Crippen LogP contribution in [0.25, 0.3) is 11.3 Å². The van der Waals surface area contributed by atoms with Gasteiger partial charge in [0.2, 0.25) is 16.8 Å². The van der Waals surface area contributed by atoms with Crippen LogP contribution in [0.15, 0.2) is 24.3 Å². The maximum Gasteiger partial charge on any atom is 0.251 e. The fourth-order valence-electron chi connectivity index (χ4n) is 5.74. The maximum absolute atomic E-state index is 14.9. The highest BCUT2D eigenvalue weighted by atomic mass is 32.1. The number of carbonyl (C=O) groups excluding carboxylic acids is 2. The Morgan fingerprint density at radius 1 is 1.24 bits per heavy atom. The summed E-state index contributed by atoms with van der Waals surface area (Å²) < 4.78 is 20.4. The Bertz CT molecular complexity index is 1320. The van der Waals surface area contributed by atoms with Gasteiger partial charge in [0, 0.05) is 43.9 Å². The predicted octanol–water partition coefficient (Wildman–Crippen LogP) is 1.39. The molecule has 220 valence electrons. The highest BCUT2D eigenvalue weighted by molar-refractivity contribution is 7.14. The molecule has 1 aromatic carbocycles. The minimum atomic E-state index is -2.23. The summed E-state index contributed by atoms with van der Waals surface area (Å²) in [5, 5.41) is 24.1. The first-order chi connectivity index (χ1) is 19.5. The maximum atomic E-state index is 14.9. The molecular weight excluding hydrogens is 549 g/mol. The molecule has 4 atom stereocenters. The highest BCUT2D eigenvalue weighted by Crippen LogP contribution is 2.38. The molecule has 5 rings (SSSR count). The fourth-order valence-corrected chi connectivity index (χ4v) is 6.61. The number of likely N-dealkylation sites (N-methyl/N-ethyl adjacent to an activating group) is 1. The molecule has 0 bridgehead atoms. The molecule has 2 amide bonds. The molecule has 0 spiro atoms. The topological polar surface area (TPSA) is 118 Å². The Morgan fingerprint density at radius 3 is 2.56 bits per heavy atom. The van der Waals surface area contributed by atoms with E-state index in [9.17, 15) is 24.2 Å². The summed E-state index contributed by atoms with van der Waals surface area (Å²) in [4.78, 5) is 37.1. The third-order valence-corrected chi connectivity index (χ3v) is 8.88. The number of halogens is 1. The van der Waals surface area contributed by atoms with Crippen molar-refractivity contribution in [1.29, 1.82) is 0 Å². The van der Waals surface area contributed by atoms with Crippen molar-refractivity contribution in [3.05, 3.63) is 35.0 Å². The van der Waals surface area contributed by atoms with E-state index in [0.29, 0.717) is 22.7 Å². The van der Waals surface area contributed by atoms with Crippen molar-refractivity contribution >= 4 is 28.3 Å². The fraction of sp³-hybridized carbons (Fsp3) is 0.552. The smallest absolute Gasteiger partial charge is 0.251 e. The molecule has 0 unspecified atom stereocenters. The minimum Gasteiger partial charge on any atom is -0.369 e. The number of rotatable bonds is 7. The summed E-state index contributed by atoms with van der Waals surface area (Å²) in [6, 6.07) is 4.50. The number of fused-ring (bicyclic) bond motifs is 1. The Morgan fingerprint density at radius 2 is 1.93 bits per heavy atom. The van der Waals surface area contributed by atoms with Crippen molar-refractivity contribution in [2.45, 2.75) is 44.2 Å². The number of benzene rings is 1. The number of aliphatic hydroxyl groups is 2. The number of terminal acetylenes is 1. The van der Waals surface area contributed by atoms with Crippen molar-refractivity contribution in [2.75, 3.05) is 51.3 Å². The number of piperazine rings is 1. The number of hydrogen-bond donors (Lipinski definition) is 3. The zero-order valence-electron chi connectivity index (χ0n) is 23.4. The summed E-state index contributed by atoms with van der Waals surface area (Å²) in [5.74, 6) is -1.00. The number of amides is 2.